The summed E-state index contributed by atoms with van der Waals surface area (Å²) in [7, 11) is 0. The van der Waals surface area contributed by atoms with Crippen molar-refractivity contribution >= 4 is 5.91 Å². The van der Waals surface area contributed by atoms with Crippen molar-refractivity contribution in [2.45, 2.75) is 84.1 Å². The normalized spacial score (nSPS) is 31.4. The summed E-state index contributed by atoms with van der Waals surface area (Å²) in [5.74, 6) is -1.17. The fourth-order valence-electron chi connectivity index (χ4n) is 9.60. The minimum atomic E-state index is -0.720. The van der Waals surface area contributed by atoms with Crippen LogP contribution in [0.25, 0.3) is 5.69 Å². The molecular formula is C33H36F3N3O. The van der Waals surface area contributed by atoms with Crippen molar-refractivity contribution < 1.29 is 18.0 Å². The highest BCUT2D eigenvalue weighted by Crippen LogP contribution is 2.88. The Hall–Kier alpha value is -3.09. The molecule has 40 heavy (non-hydrogen) atoms. The highest BCUT2D eigenvalue weighted by molar-refractivity contribution is 5.94. The van der Waals surface area contributed by atoms with Gasteiger partial charge < -0.3 is 5.32 Å². The number of amides is 1. The molecule has 3 fully saturated rings. The molecule has 1 amide bonds. The van der Waals surface area contributed by atoms with Gasteiger partial charge in [0.05, 0.1) is 5.69 Å². The van der Waals surface area contributed by atoms with Crippen LogP contribution in [0.2, 0.25) is 0 Å². The maximum Gasteiger partial charge on any atom is 0.272 e. The fourth-order valence-corrected chi connectivity index (χ4v) is 9.60. The summed E-state index contributed by atoms with van der Waals surface area (Å²) in [6.45, 7) is 6.91. The van der Waals surface area contributed by atoms with Gasteiger partial charge in [0.2, 0.25) is 0 Å². The Kier molecular flexibility index (Phi) is 5.62. The molecule has 0 aliphatic heterocycles. The number of nitrogens with zero attached hydrogens (tertiary/aromatic N) is 2. The molecule has 3 aromatic rings. The molecule has 4 unspecified atom stereocenters. The summed E-state index contributed by atoms with van der Waals surface area (Å²) in [4.78, 5) is 14.1. The van der Waals surface area contributed by atoms with E-state index in [1.165, 1.54) is 37.1 Å². The Morgan fingerprint density at radius 1 is 1.02 bits per heavy atom. The Labute approximate surface area is 233 Å². The third kappa shape index (κ3) is 3.45. The second-order valence-corrected chi connectivity index (χ2v) is 13.4. The van der Waals surface area contributed by atoms with E-state index in [0.717, 1.165) is 54.5 Å². The molecule has 0 bridgehead atoms. The van der Waals surface area contributed by atoms with Gasteiger partial charge in [-0.1, -0.05) is 39.3 Å². The van der Waals surface area contributed by atoms with Crippen LogP contribution < -0.4 is 5.32 Å². The molecule has 1 heterocycles. The number of carbonyl (C=O) groups is 1. The van der Waals surface area contributed by atoms with Gasteiger partial charge in [0.25, 0.3) is 5.91 Å². The van der Waals surface area contributed by atoms with Gasteiger partial charge in [-0.25, -0.2) is 17.9 Å². The van der Waals surface area contributed by atoms with Gasteiger partial charge in [0, 0.05) is 23.6 Å². The predicted octanol–water partition coefficient (Wildman–Crippen LogP) is 7.29. The zero-order chi connectivity index (χ0) is 28.0. The standard InChI is InChI=1S/C33H36F3N3O/c1-31(2)30(32(3)15-14-21-18-33(21,31)32)37-29(40)27-24-7-5-4-6-20(16-19-8-10-22(34)11-9-19)28(24)39(38-27)26-13-12-23(35)17-25(26)36/h8-13,17,20-21,30H,4-7,14-16,18H2,1-3H3,(H,37,40)/t20?,21?,30-,32?,33?/m1/s1. The van der Waals surface area contributed by atoms with Gasteiger partial charge in [-0.05, 0) is 96.9 Å². The number of hydrogen-bond acceptors (Lipinski definition) is 2. The molecule has 1 spiro atoms. The van der Waals surface area contributed by atoms with E-state index in [4.69, 9.17) is 5.10 Å². The van der Waals surface area contributed by atoms with Crippen molar-refractivity contribution in [2.24, 2.45) is 22.2 Å². The summed E-state index contributed by atoms with van der Waals surface area (Å²) in [6.07, 6.45) is 7.55. The van der Waals surface area contributed by atoms with Crippen molar-refractivity contribution in [3.8, 4) is 5.69 Å². The first-order chi connectivity index (χ1) is 19.1. The molecule has 5 atom stereocenters. The zero-order valence-electron chi connectivity index (χ0n) is 23.4. The third-order valence-electron chi connectivity index (χ3n) is 11.3. The van der Waals surface area contributed by atoms with Crippen LogP contribution in [0.1, 0.15) is 92.5 Å². The second-order valence-electron chi connectivity index (χ2n) is 13.4. The van der Waals surface area contributed by atoms with Crippen LogP contribution in [0, 0.1) is 39.6 Å². The molecule has 4 aliphatic rings. The monoisotopic (exact) mass is 547 g/mol. The maximum atomic E-state index is 15.2. The van der Waals surface area contributed by atoms with E-state index in [2.05, 4.69) is 26.1 Å². The third-order valence-corrected chi connectivity index (χ3v) is 11.3. The van der Waals surface area contributed by atoms with Crippen molar-refractivity contribution in [3.05, 3.63) is 82.4 Å². The Balaban J connectivity index is 1.30. The van der Waals surface area contributed by atoms with Crippen LogP contribution in [0.4, 0.5) is 13.2 Å². The maximum absolute atomic E-state index is 15.2. The summed E-state index contributed by atoms with van der Waals surface area (Å²) in [6, 6.07) is 9.96. The van der Waals surface area contributed by atoms with E-state index in [9.17, 15) is 13.6 Å². The van der Waals surface area contributed by atoms with Crippen LogP contribution in [-0.4, -0.2) is 21.7 Å². The van der Waals surface area contributed by atoms with E-state index in [0.29, 0.717) is 24.0 Å². The smallest absolute Gasteiger partial charge is 0.272 e. The van der Waals surface area contributed by atoms with Crippen molar-refractivity contribution in [3.63, 3.8) is 0 Å². The molecule has 3 saturated carbocycles. The number of benzene rings is 2. The fraction of sp³-hybridized carbons (Fsp3) is 0.515. The van der Waals surface area contributed by atoms with Crippen LogP contribution >= 0.6 is 0 Å². The second kappa shape index (κ2) is 8.70. The van der Waals surface area contributed by atoms with Crippen LogP contribution in [0.5, 0.6) is 0 Å². The van der Waals surface area contributed by atoms with Gasteiger partial charge >= 0.3 is 0 Å². The lowest BCUT2D eigenvalue weighted by molar-refractivity contribution is -0.146. The van der Waals surface area contributed by atoms with Gasteiger partial charge in [-0.15, -0.1) is 0 Å². The Morgan fingerprint density at radius 2 is 1.77 bits per heavy atom. The average molecular weight is 548 g/mol. The Morgan fingerprint density at radius 3 is 2.50 bits per heavy atom. The zero-order valence-corrected chi connectivity index (χ0v) is 23.4. The number of nitrogens with one attached hydrogen (secondary N) is 1. The minimum absolute atomic E-state index is 0.00623. The van der Waals surface area contributed by atoms with E-state index in [1.807, 2.05) is 0 Å². The molecule has 4 nitrogen and oxygen atoms in total. The lowest BCUT2D eigenvalue weighted by atomic mass is 9.41. The topological polar surface area (TPSA) is 46.9 Å². The summed E-state index contributed by atoms with van der Waals surface area (Å²) >= 11 is 0. The number of hydrogen-bond donors (Lipinski definition) is 1. The van der Waals surface area contributed by atoms with E-state index >= 15 is 4.39 Å². The number of fused-ring (bicyclic) bond motifs is 1. The van der Waals surface area contributed by atoms with Crippen molar-refractivity contribution in [2.75, 3.05) is 0 Å². The quantitative estimate of drug-likeness (QED) is 0.341. The lowest BCUT2D eigenvalue weighted by Crippen LogP contribution is -2.71. The molecular weight excluding hydrogens is 511 g/mol. The SMILES string of the molecule is CC1(C)[C@@H](NC(=O)c2nn(-c3ccc(F)cc3F)c3c2CCCCC3Cc2ccc(F)cc2)C2(C)CCC3CC312. The van der Waals surface area contributed by atoms with Crippen LogP contribution in [0.3, 0.4) is 0 Å². The minimum Gasteiger partial charge on any atom is -0.347 e. The van der Waals surface area contributed by atoms with Crippen LogP contribution in [-0.2, 0) is 12.8 Å². The van der Waals surface area contributed by atoms with E-state index < -0.39 is 11.6 Å². The largest absolute Gasteiger partial charge is 0.347 e. The number of rotatable bonds is 5. The molecule has 210 valence electrons. The molecule has 0 saturated heterocycles. The summed E-state index contributed by atoms with van der Waals surface area (Å²) < 4.78 is 44.2. The van der Waals surface area contributed by atoms with Gasteiger partial charge in [0.15, 0.2) is 11.5 Å². The van der Waals surface area contributed by atoms with Crippen molar-refractivity contribution in [1.29, 1.82) is 0 Å². The Bertz CT molecular complexity index is 1510. The summed E-state index contributed by atoms with van der Waals surface area (Å²) in [5.41, 5.74) is 3.51. The number of carbonyl (C=O) groups excluding carboxylic acids is 1. The van der Waals surface area contributed by atoms with E-state index in [-0.39, 0.29) is 40.2 Å². The molecule has 7 heteroatoms. The lowest BCUT2D eigenvalue weighted by Gasteiger charge is -2.66. The number of aromatic nitrogens is 2. The molecule has 1 N–H and O–H groups in total. The molecule has 0 radical (unpaired) electrons. The summed E-state index contributed by atoms with van der Waals surface area (Å²) in [5, 5.41) is 8.18. The van der Waals surface area contributed by atoms with Gasteiger partial charge in [-0.3, -0.25) is 4.79 Å². The number of halogens is 3. The predicted molar refractivity (Wildman–Crippen MR) is 147 cm³/mol. The van der Waals surface area contributed by atoms with Gasteiger partial charge in [0.1, 0.15) is 17.3 Å². The molecule has 2 aromatic carbocycles. The molecule has 1 aromatic heterocycles. The van der Waals surface area contributed by atoms with E-state index in [1.54, 1.807) is 16.8 Å². The first kappa shape index (κ1) is 25.8. The molecule has 4 aliphatic carbocycles. The highest BCUT2D eigenvalue weighted by atomic mass is 19.1. The van der Waals surface area contributed by atoms with Crippen molar-refractivity contribution in [1.82, 2.24) is 15.1 Å². The highest BCUT2D eigenvalue weighted by Gasteiger charge is 2.85. The van der Waals surface area contributed by atoms with Gasteiger partial charge in [-0.2, -0.15) is 5.10 Å². The first-order valence-corrected chi connectivity index (χ1v) is 14.7. The first-order valence-electron chi connectivity index (χ1n) is 14.7. The average Bonchev–Trinajstić information content (AvgIpc) is 3.56. The molecule has 7 rings (SSSR count). The van der Waals surface area contributed by atoms with Crippen LogP contribution in [0.15, 0.2) is 42.5 Å².